The summed E-state index contributed by atoms with van der Waals surface area (Å²) in [6.45, 7) is 1.72. The lowest BCUT2D eigenvalue weighted by atomic mass is 9.74. The standard InChI is InChI=1S/C26H27FN2O2/c27-23-8-4-7-22(18-23)21-6-3-5-20(17-21)19-26(11-15-31-16-12-26)25(30)29-14-10-24-9-1-2-13-28-24/h1-9,13,17-18H,10-12,14-16,19H2,(H,29,30). The van der Waals surface area contributed by atoms with E-state index in [-0.39, 0.29) is 11.7 Å². The second-order valence-electron chi connectivity index (χ2n) is 8.11. The van der Waals surface area contributed by atoms with Crippen LogP contribution in [-0.2, 0) is 22.4 Å². The molecule has 0 atom stereocenters. The van der Waals surface area contributed by atoms with Gasteiger partial charge in [0.2, 0.25) is 5.91 Å². The summed E-state index contributed by atoms with van der Waals surface area (Å²) in [5.74, 6) is -0.182. The molecule has 2 aromatic carbocycles. The number of benzene rings is 2. The molecular weight excluding hydrogens is 391 g/mol. The largest absolute Gasteiger partial charge is 0.381 e. The summed E-state index contributed by atoms with van der Waals surface area (Å²) < 4.78 is 19.2. The maximum Gasteiger partial charge on any atom is 0.226 e. The quantitative estimate of drug-likeness (QED) is 0.611. The first-order chi connectivity index (χ1) is 15.1. The molecule has 1 aromatic heterocycles. The molecule has 1 aliphatic heterocycles. The van der Waals surface area contributed by atoms with E-state index in [9.17, 15) is 9.18 Å². The summed E-state index contributed by atoms with van der Waals surface area (Å²) in [6.07, 6.45) is 4.48. The number of nitrogens with zero attached hydrogens (tertiary/aromatic N) is 1. The molecule has 31 heavy (non-hydrogen) atoms. The Bertz CT molecular complexity index is 1020. The van der Waals surface area contributed by atoms with E-state index in [4.69, 9.17) is 4.74 Å². The third kappa shape index (κ3) is 5.36. The van der Waals surface area contributed by atoms with Crippen molar-refractivity contribution in [3.8, 4) is 11.1 Å². The monoisotopic (exact) mass is 418 g/mol. The molecule has 4 rings (SSSR count). The van der Waals surface area contributed by atoms with E-state index in [1.165, 1.54) is 12.1 Å². The Hall–Kier alpha value is -3.05. The van der Waals surface area contributed by atoms with Crippen LogP contribution >= 0.6 is 0 Å². The minimum Gasteiger partial charge on any atom is -0.381 e. The highest BCUT2D eigenvalue weighted by Crippen LogP contribution is 2.35. The van der Waals surface area contributed by atoms with Gasteiger partial charge in [0.25, 0.3) is 0 Å². The van der Waals surface area contributed by atoms with Crippen molar-refractivity contribution in [1.29, 1.82) is 0 Å². The van der Waals surface area contributed by atoms with Gasteiger partial charge in [-0.1, -0.05) is 42.5 Å². The Labute approximate surface area is 182 Å². The number of aromatic nitrogens is 1. The first-order valence-corrected chi connectivity index (χ1v) is 10.8. The second-order valence-corrected chi connectivity index (χ2v) is 8.11. The number of halogens is 1. The molecule has 0 radical (unpaired) electrons. The molecule has 1 fully saturated rings. The van der Waals surface area contributed by atoms with Gasteiger partial charge in [0.1, 0.15) is 5.82 Å². The summed E-state index contributed by atoms with van der Waals surface area (Å²) in [5.41, 5.74) is 3.33. The van der Waals surface area contributed by atoms with Crippen LogP contribution in [0.2, 0.25) is 0 Å². The maximum atomic E-state index is 13.7. The van der Waals surface area contributed by atoms with Crippen molar-refractivity contribution >= 4 is 5.91 Å². The van der Waals surface area contributed by atoms with Gasteiger partial charge in [-0.15, -0.1) is 0 Å². The molecule has 3 aromatic rings. The lowest BCUT2D eigenvalue weighted by molar-refractivity contribution is -0.136. The van der Waals surface area contributed by atoms with Crippen LogP contribution in [0.1, 0.15) is 24.1 Å². The zero-order chi connectivity index (χ0) is 21.5. The van der Waals surface area contributed by atoms with E-state index in [0.717, 1.165) is 22.4 Å². The zero-order valence-electron chi connectivity index (χ0n) is 17.5. The number of pyridine rings is 1. The van der Waals surface area contributed by atoms with Gasteiger partial charge in [-0.2, -0.15) is 0 Å². The van der Waals surface area contributed by atoms with Crippen molar-refractivity contribution in [2.75, 3.05) is 19.8 Å². The Morgan fingerprint density at radius 3 is 2.52 bits per heavy atom. The van der Waals surface area contributed by atoms with Crippen molar-refractivity contribution in [1.82, 2.24) is 10.3 Å². The van der Waals surface area contributed by atoms with Crippen LogP contribution in [0.15, 0.2) is 72.9 Å². The third-order valence-corrected chi connectivity index (χ3v) is 5.95. The fourth-order valence-electron chi connectivity index (χ4n) is 4.20. The number of amides is 1. The Morgan fingerprint density at radius 1 is 1.00 bits per heavy atom. The summed E-state index contributed by atoms with van der Waals surface area (Å²) >= 11 is 0. The average molecular weight is 419 g/mol. The van der Waals surface area contributed by atoms with Crippen molar-refractivity contribution in [3.05, 3.63) is 90.0 Å². The molecule has 1 saturated heterocycles. The van der Waals surface area contributed by atoms with E-state index in [1.807, 2.05) is 42.5 Å². The van der Waals surface area contributed by atoms with Gasteiger partial charge in [0.15, 0.2) is 0 Å². The number of rotatable bonds is 7. The van der Waals surface area contributed by atoms with Crippen molar-refractivity contribution in [2.24, 2.45) is 5.41 Å². The first-order valence-electron chi connectivity index (χ1n) is 10.8. The average Bonchev–Trinajstić information content (AvgIpc) is 2.80. The van der Waals surface area contributed by atoms with Gasteiger partial charge in [-0.05, 0) is 60.2 Å². The summed E-state index contributed by atoms with van der Waals surface area (Å²) in [6, 6.07) is 20.5. The lowest BCUT2D eigenvalue weighted by Crippen LogP contribution is -2.46. The van der Waals surface area contributed by atoms with E-state index in [0.29, 0.717) is 45.4 Å². The second kappa shape index (κ2) is 9.84. The van der Waals surface area contributed by atoms with E-state index < -0.39 is 5.41 Å². The topological polar surface area (TPSA) is 51.2 Å². The third-order valence-electron chi connectivity index (χ3n) is 5.95. The summed E-state index contributed by atoms with van der Waals surface area (Å²) in [5, 5.41) is 3.13. The molecule has 0 bridgehead atoms. The molecule has 1 aliphatic rings. The summed E-state index contributed by atoms with van der Waals surface area (Å²) in [7, 11) is 0. The van der Waals surface area contributed by atoms with Crippen LogP contribution in [0, 0.1) is 11.2 Å². The SMILES string of the molecule is O=C(NCCc1ccccn1)C1(Cc2cccc(-c3cccc(F)c3)c2)CCOCC1. The smallest absolute Gasteiger partial charge is 0.226 e. The van der Waals surface area contributed by atoms with E-state index in [2.05, 4.69) is 16.4 Å². The minimum atomic E-state index is -0.497. The van der Waals surface area contributed by atoms with Crippen molar-refractivity contribution < 1.29 is 13.9 Å². The molecule has 0 spiro atoms. The van der Waals surface area contributed by atoms with Crippen LogP contribution < -0.4 is 5.32 Å². The number of ether oxygens (including phenoxy) is 1. The van der Waals surface area contributed by atoms with Gasteiger partial charge >= 0.3 is 0 Å². The molecule has 160 valence electrons. The van der Waals surface area contributed by atoms with Crippen LogP contribution in [0.5, 0.6) is 0 Å². The number of carbonyl (C=O) groups is 1. The number of carbonyl (C=O) groups excluding carboxylic acids is 1. The molecule has 2 heterocycles. The highest BCUT2D eigenvalue weighted by molar-refractivity contribution is 5.83. The van der Waals surface area contributed by atoms with Crippen LogP contribution in [0.25, 0.3) is 11.1 Å². The minimum absolute atomic E-state index is 0.0721. The highest BCUT2D eigenvalue weighted by Gasteiger charge is 2.39. The normalized spacial score (nSPS) is 15.4. The zero-order valence-corrected chi connectivity index (χ0v) is 17.5. The van der Waals surface area contributed by atoms with Gasteiger partial charge in [-0.25, -0.2) is 4.39 Å². The van der Waals surface area contributed by atoms with E-state index >= 15 is 0 Å². The molecule has 0 aliphatic carbocycles. The van der Waals surface area contributed by atoms with Gasteiger partial charge < -0.3 is 10.1 Å². The van der Waals surface area contributed by atoms with Crippen molar-refractivity contribution in [2.45, 2.75) is 25.7 Å². The van der Waals surface area contributed by atoms with Crippen LogP contribution in [-0.4, -0.2) is 30.6 Å². The number of hydrogen-bond acceptors (Lipinski definition) is 3. The molecule has 0 saturated carbocycles. The predicted octanol–water partition coefficient (Wildman–Crippen LogP) is 4.59. The van der Waals surface area contributed by atoms with Crippen molar-refractivity contribution in [3.63, 3.8) is 0 Å². The molecular formula is C26H27FN2O2. The Balaban J connectivity index is 1.48. The van der Waals surface area contributed by atoms with Gasteiger partial charge in [0.05, 0.1) is 5.41 Å². The van der Waals surface area contributed by atoms with Gasteiger partial charge in [-0.3, -0.25) is 9.78 Å². The Kier molecular flexibility index (Phi) is 6.73. The number of hydrogen-bond donors (Lipinski definition) is 1. The number of nitrogens with one attached hydrogen (secondary N) is 1. The first kappa shape index (κ1) is 21.2. The lowest BCUT2D eigenvalue weighted by Gasteiger charge is -2.36. The fourth-order valence-corrected chi connectivity index (χ4v) is 4.20. The predicted molar refractivity (Wildman–Crippen MR) is 119 cm³/mol. The van der Waals surface area contributed by atoms with Crippen LogP contribution in [0.4, 0.5) is 4.39 Å². The highest BCUT2D eigenvalue weighted by atomic mass is 19.1. The molecule has 0 unspecified atom stereocenters. The summed E-state index contributed by atoms with van der Waals surface area (Å²) in [4.78, 5) is 17.6. The van der Waals surface area contributed by atoms with E-state index in [1.54, 1.807) is 12.3 Å². The molecule has 5 heteroatoms. The van der Waals surface area contributed by atoms with Gasteiger partial charge in [0, 0.05) is 38.1 Å². The molecule has 1 amide bonds. The molecule has 4 nitrogen and oxygen atoms in total. The molecule has 1 N–H and O–H groups in total. The fraction of sp³-hybridized carbons (Fsp3) is 0.308. The Morgan fingerprint density at radius 2 is 1.77 bits per heavy atom. The van der Waals surface area contributed by atoms with Crippen LogP contribution in [0.3, 0.4) is 0 Å². The maximum absolute atomic E-state index is 13.7.